The number of rotatable bonds is 7. The van der Waals surface area contributed by atoms with Crippen LogP contribution in [0, 0.1) is 0 Å². The molecule has 4 aromatic carbocycles. The Morgan fingerprint density at radius 1 is 0.677 bits per heavy atom. The highest BCUT2D eigenvalue weighted by Gasteiger charge is 2.29. The third-order valence-corrected chi connectivity index (χ3v) is 5.16. The van der Waals surface area contributed by atoms with Crippen molar-refractivity contribution in [2.45, 2.75) is 12.3 Å². The number of fused-ring (bicyclic) bond motifs is 1. The maximum absolute atomic E-state index is 6.55. The van der Waals surface area contributed by atoms with E-state index >= 15 is 0 Å². The van der Waals surface area contributed by atoms with Crippen LogP contribution in [0.1, 0.15) is 17.8 Å². The highest BCUT2D eigenvalue weighted by Crippen LogP contribution is 2.34. The minimum absolute atomic E-state index is 0.214. The van der Waals surface area contributed by atoms with Crippen LogP contribution < -0.4 is 10.1 Å². The van der Waals surface area contributed by atoms with Crippen LogP contribution in [0.2, 0.25) is 0 Å². The van der Waals surface area contributed by atoms with E-state index in [1.54, 1.807) is 0 Å². The van der Waals surface area contributed by atoms with Crippen LogP contribution >= 0.6 is 0 Å². The Labute approximate surface area is 180 Å². The maximum atomic E-state index is 6.55. The predicted octanol–water partition coefficient (Wildman–Crippen LogP) is 5.86. The first kappa shape index (κ1) is 18.9. The third kappa shape index (κ3) is 4.12. The molecule has 1 heterocycles. The van der Waals surface area contributed by atoms with Crippen LogP contribution in [0.25, 0.3) is 11.0 Å². The van der Waals surface area contributed by atoms with Crippen LogP contribution in [-0.4, -0.2) is 15.0 Å². The molecular formula is C26H22N4O. The Kier molecular flexibility index (Phi) is 5.31. The average molecular weight is 406 g/mol. The fourth-order valence-electron chi connectivity index (χ4n) is 3.67. The number of para-hydroxylation sites is 3. The Morgan fingerprint density at radius 2 is 1.29 bits per heavy atom. The lowest BCUT2D eigenvalue weighted by molar-refractivity contribution is 0.0991. The summed E-state index contributed by atoms with van der Waals surface area (Å²) in [6, 6.07) is 38.0. The van der Waals surface area contributed by atoms with Crippen LogP contribution in [-0.2, 0) is 0 Å². The van der Waals surface area contributed by atoms with Crippen LogP contribution in [0.3, 0.4) is 0 Å². The van der Waals surface area contributed by atoms with Crippen molar-refractivity contribution in [2.24, 2.45) is 0 Å². The monoisotopic (exact) mass is 406 g/mol. The zero-order chi connectivity index (χ0) is 20.9. The molecule has 1 aromatic heterocycles. The second-order valence-electron chi connectivity index (χ2n) is 7.24. The van der Waals surface area contributed by atoms with Gasteiger partial charge in [0.15, 0.2) is 0 Å². The van der Waals surface area contributed by atoms with Gasteiger partial charge < -0.3 is 10.1 Å². The summed E-state index contributed by atoms with van der Waals surface area (Å²) in [4.78, 5) is 0. The fourth-order valence-corrected chi connectivity index (χ4v) is 3.67. The molecule has 0 aliphatic rings. The smallest absolute Gasteiger partial charge is 0.217 e. The Balaban J connectivity index is 1.64. The molecule has 2 unspecified atom stereocenters. The Hall–Kier alpha value is -4.12. The van der Waals surface area contributed by atoms with Gasteiger partial charge in [-0.2, -0.15) is 0 Å². The van der Waals surface area contributed by atoms with E-state index in [2.05, 4.69) is 39.9 Å². The summed E-state index contributed by atoms with van der Waals surface area (Å²) in [7, 11) is 0. The molecule has 5 heteroatoms. The van der Waals surface area contributed by atoms with Gasteiger partial charge in [0.1, 0.15) is 17.3 Å². The number of anilines is 1. The second-order valence-corrected chi connectivity index (χ2v) is 7.24. The van der Waals surface area contributed by atoms with E-state index in [1.165, 1.54) is 0 Å². The lowest BCUT2D eigenvalue weighted by Crippen LogP contribution is -2.29. The quantitative estimate of drug-likeness (QED) is 0.368. The van der Waals surface area contributed by atoms with E-state index in [9.17, 15) is 0 Å². The van der Waals surface area contributed by atoms with Crippen molar-refractivity contribution in [1.82, 2.24) is 15.0 Å². The molecule has 1 N–H and O–H groups in total. The van der Waals surface area contributed by atoms with Crippen molar-refractivity contribution < 1.29 is 4.74 Å². The summed E-state index contributed by atoms with van der Waals surface area (Å²) in [6.45, 7) is 0. The van der Waals surface area contributed by atoms with Crippen molar-refractivity contribution in [2.75, 3.05) is 5.32 Å². The first-order chi connectivity index (χ1) is 15.4. The first-order valence-corrected chi connectivity index (χ1v) is 10.3. The van der Waals surface area contributed by atoms with Gasteiger partial charge in [0.05, 0.1) is 5.52 Å². The molecule has 0 radical (unpaired) electrons. The molecule has 0 spiro atoms. The molecule has 0 fully saturated rings. The lowest BCUT2D eigenvalue weighted by atomic mass is 10.0. The molecule has 5 nitrogen and oxygen atoms in total. The van der Waals surface area contributed by atoms with Crippen LogP contribution in [0.4, 0.5) is 5.69 Å². The topological polar surface area (TPSA) is 52.0 Å². The molecule has 0 aliphatic heterocycles. The van der Waals surface area contributed by atoms with Crippen molar-refractivity contribution in [3.05, 3.63) is 121 Å². The average Bonchev–Trinajstić information content (AvgIpc) is 3.27. The lowest BCUT2D eigenvalue weighted by Gasteiger charge is -2.30. The van der Waals surface area contributed by atoms with Gasteiger partial charge in [-0.15, -0.1) is 5.10 Å². The summed E-state index contributed by atoms with van der Waals surface area (Å²) >= 11 is 0. The molecule has 2 atom stereocenters. The van der Waals surface area contributed by atoms with Gasteiger partial charge >= 0.3 is 0 Å². The van der Waals surface area contributed by atoms with Crippen LogP contribution in [0.15, 0.2) is 115 Å². The number of hydrogen-bond donors (Lipinski definition) is 1. The zero-order valence-corrected chi connectivity index (χ0v) is 16.9. The maximum Gasteiger partial charge on any atom is 0.217 e. The van der Waals surface area contributed by atoms with E-state index in [1.807, 2.05) is 95.7 Å². The highest BCUT2D eigenvalue weighted by atomic mass is 16.5. The standard InChI is InChI=1S/C26H22N4O/c1-4-12-20(13-5-1)25(27-21-14-6-2-7-15-21)26(31-22-16-8-3-9-17-22)30-24-19-11-10-18-23(24)28-29-30/h1-19,25-27H. The van der Waals surface area contributed by atoms with Gasteiger partial charge in [-0.1, -0.05) is 84.1 Å². The van der Waals surface area contributed by atoms with Crippen molar-refractivity contribution in [3.63, 3.8) is 0 Å². The number of nitrogens with one attached hydrogen (secondary N) is 1. The van der Waals surface area contributed by atoms with Gasteiger partial charge in [-0.05, 0) is 42.0 Å². The van der Waals surface area contributed by atoms with Gasteiger partial charge in [-0.3, -0.25) is 0 Å². The molecule has 152 valence electrons. The molecule has 0 amide bonds. The van der Waals surface area contributed by atoms with E-state index in [-0.39, 0.29) is 6.04 Å². The summed E-state index contributed by atoms with van der Waals surface area (Å²) in [5.74, 6) is 0.767. The number of benzene rings is 4. The molecule has 0 aliphatic carbocycles. The minimum atomic E-state index is -0.475. The number of hydrogen-bond acceptors (Lipinski definition) is 4. The number of nitrogens with zero attached hydrogens (tertiary/aromatic N) is 3. The van der Waals surface area contributed by atoms with Gasteiger partial charge in [0, 0.05) is 5.69 Å². The van der Waals surface area contributed by atoms with E-state index in [0.29, 0.717) is 0 Å². The summed E-state index contributed by atoms with van der Waals surface area (Å²) < 4.78 is 8.41. The Morgan fingerprint density at radius 3 is 2.03 bits per heavy atom. The molecule has 0 saturated carbocycles. The van der Waals surface area contributed by atoms with Gasteiger partial charge in [0.2, 0.25) is 6.23 Å². The predicted molar refractivity (Wildman–Crippen MR) is 123 cm³/mol. The summed E-state index contributed by atoms with van der Waals surface area (Å²) in [6.07, 6.45) is -0.475. The van der Waals surface area contributed by atoms with Crippen molar-refractivity contribution in [3.8, 4) is 5.75 Å². The number of aromatic nitrogens is 3. The van der Waals surface area contributed by atoms with E-state index in [0.717, 1.165) is 28.0 Å². The molecule has 0 saturated heterocycles. The summed E-state index contributed by atoms with van der Waals surface area (Å²) in [5, 5.41) is 12.5. The largest absolute Gasteiger partial charge is 0.466 e. The SMILES string of the molecule is c1ccc(NC(c2ccccc2)C(Oc2ccccc2)n2nnc3ccccc32)cc1. The second kappa shape index (κ2) is 8.71. The molecule has 0 bridgehead atoms. The van der Waals surface area contributed by atoms with E-state index < -0.39 is 6.23 Å². The summed E-state index contributed by atoms with van der Waals surface area (Å²) in [5.41, 5.74) is 3.84. The van der Waals surface area contributed by atoms with Crippen molar-refractivity contribution >= 4 is 16.7 Å². The van der Waals surface area contributed by atoms with Gasteiger partial charge in [0.25, 0.3) is 0 Å². The Bertz CT molecular complexity index is 1240. The van der Waals surface area contributed by atoms with Crippen molar-refractivity contribution in [1.29, 1.82) is 0 Å². The van der Waals surface area contributed by atoms with Gasteiger partial charge in [-0.25, -0.2) is 4.68 Å². The number of ether oxygens (including phenoxy) is 1. The normalized spacial score (nSPS) is 12.9. The minimum Gasteiger partial charge on any atom is -0.466 e. The molecular weight excluding hydrogens is 384 g/mol. The van der Waals surface area contributed by atoms with E-state index in [4.69, 9.17) is 4.74 Å². The fraction of sp³-hybridized carbons (Fsp3) is 0.0769. The molecule has 5 rings (SSSR count). The zero-order valence-electron chi connectivity index (χ0n) is 16.9. The van der Waals surface area contributed by atoms with Crippen LogP contribution in [0.5, 0.6) is 5.75 Å². The molecule has 31 heavy (non-hydrogen) atoms. The third-order valence-electron chi connectivity index (χ3n) is 5.16. The molecule has 5 aromatic rings. The highest BCUT2D eigenvalue weighted by molar-refractivity contribution is 5.74. The first-order valence-electron chi connectivity index (χ1n) is 10.3.